The molecule has 0 nitrogen and oxygen atoms in total. The Labute approximate surface area is 81.3 Å². The molecule has 0 unspecified atom stereocenters. The maximum absolute atomic E-state index is 3.94. The smallest absolute Gasteiger partial charge is 0.0153 e. The lowest BCUT2D eigenvalue weighted by molar-refractivity contribution is 0.753. The molecule has 0 saturated carbocycles. The van der Waals surface area contributed by atoms with Gasteiger partial charge in [-0.3, -0.25) is 0 Å². The maximum atomic E-state index is 3.94. The van der Waals surface area contributed by atoms with E-state index in [0.717, 1.165) is 6.42 Å². The monoisotopic (exact) mass is 174 g/mol. The zero-order chi connectivity index (χ0) is 9.84. The fraction of sp³-hybridized carbons (Fsp3) is 0.385. The highest BCUT2D eigenvalue weighted by Gasteiger charge is 2.04. The molecule has 1 aromatic carbocycles. The van der Waals surface area contributed by atoms with Gasteiger partial charge in [-0.2, -0.15) is 0 Å². The van der Waals surface area contributed by atoms with Crippen molar-refractivity contribution in [2.45, 2.75) is 33.1 Å². The van der Waals surface area contributed by atoms with Gasteiger partial charge in [-0.25, -0.2) is 0 Å². The molecule has 0 aromatic heterocycles. The summed E-state index contributed by atoms with van der Waals surface area (Å²) in [5, 5.41) is 0. The van der Waals surface area contributed by atoms with Gasteiger partial charge in [0.25, 0.3) is 0 Å². The van der Waals surface area contributed by atoms with Gasteiger partial charge in [0.15, 0.2) is 0 Å². The van der Waals surface area contributed by atoms with Crippen LogP contribution in [-0.2, 0) is 0 Å². The fourth-order valence-corrected chi connectivity index (χ4v) is 1.54. The Morgan fingerprint density at radius 3 is 2.31 bits per heavy atom. The quantitative estimate of drug-likeness (QED) is 0.606. The van der Waals surface area contributed by atoms with Crippen molar-refractivity contribution in [3.8, 4) is 0 Å². The predicted molar refractivity (Wildman–Crippen MR) is 59.0 cm³/mol. The second kappa shape index (κ2) is 4.27. The van der Waals surface area contributed by atoms with Crippen LogP contribution in [0.2, 0.25) is 0 Å². The molecule has 1 aromatic rings. The van der Waals surface area contributed by atoms with E-state index in [9.17, 15) is 0 Å². The second-order valence-electron chi connectivity index (χ2n) is 3.97. The van der Waals surface area contributed by atoms with Crippen LogP contribution in [0.25, 0.3) is 0 Å². The summed E-state index contributed by atoms with van der Waals surface area (Å²) in [5.74, 6) is 0.595. The molecule has 0 aliphatic heterocycles. The summed E-state index contributed by atoms with van der Waals surface area (Å²) in [7, 11) is 0. The Morgan fingerprint density at radius 2 is 1.85 bits per heavy atom. The average Bonchev–Trinajstić information content (AvgIpc) is 2.04. The first-order chi connectivity index (χ1) is 6.09. The molecule has 0 spiro atoms. The Bertz CT molecular complexity index is 279. The Hall–Kier alpha value is -1.04. The van der Waals surface area contributed by atoms with Crippen molar-refractivity contribution in [1.82, 2.24) is 0 Å². The van der Waals surface area contributed by atoms with Crippen molar-refractivity contribution < 1.29 is 0 Å². The van der Waals surface area contributed by atoms with E-state index in [-0.39, 0.29) is 0 Å². The van der Waals surface area contributed by atoms with Gasteiger partial charge in [0.2, 0.25) is 0 Å². The van der Waals surface area contributed by atoms with Gasteiger partial charge < -0.3 is 0 Å². The highest BCUT2D eigenvalue weighted by atomic mass is 14.1. The van der Waals surface area contributed by atoms with Crippen molar-refractivity contribution in [2.75, 3.05) is 0 Å². The molecule has 0 saturated heterocycles. The van der Waals surface area contributed by atoms with E-state index in [0.29, 0.717) is 5.92 Å². The maximum Gasteiger partial charge on any atom is -0.0153 e. The van der Waals surface area contributed by atoms with Crippen molar-refractivity contribution >= 4 is 0 Å². The molecule has 13 heavy (non-hydrogen) atoms. The molecule has 0 N–H and O–H groups in total. The molecule has 1 atom stereocenters. The Morgan fingerprint density at radius 1 is 1.31 bits per heavy atom. The van der Waals surface area contributed by atoms with Crippen LogP contribution in [0.1, 0.15) is 37.3 Å². The standard InChI is InChI=1S/C13H18/c1-10(2)9-12(4)13-7-5-11(3)6-8-13/h5-8,12H,1,9H2,2-4H3/t12-/m1/s1. The second-order valence-corrected chi connectivity index (χ2v) is 3.97. The third-order valence-electron chi connectivity index (χ3n) is 2.30. The molecular weight excluding hydrogens is 156 g/mol. The van der Waals surface area contributed by atoms with Crippen LogP contribution in [0.4, 0.5) is 0 Å². The molecular formula is C13H18. The Balaban J connectivity index is 2.71. The lowest BCUT2D eigenvalue weighted by atomic mass is 9.94. The van der Waals surface area contributed by atoms with Gasteiger partial charge in [-0.05, 0) is 31.7 Å². The molecule has 0 radical (unpaired) electrons. The molecule has 70 valence electrons. The topological polar surface area (TPSA) is 0 Å². The molecule has 0 heterocycles. The van der Waals surface area contributed by atoms with E-state index in [4.69, 9.17) is 0 Å². The number of rotatable bonds is 3. The molecule has 1 rings (SSSR count). The summed E-state index contributed by atoms with van der Waals surface area (Å²) < 4.78 is 0. The molecule has 0 heteroatoms. The average molecular weight is 174 g/mol. The summed E-state index contributed by atoms with van der Waals surface area (Å²) in [6.07, 6.45) is 1.09. The highest BCUT2D eigenvalue weighted by molar-refractivity contribution is 5.24. The van der Waals surface area contributed by atoms with Crippen LogP contribution < -0.4 is 0 Å². The van der Waals surface area contributed by atoms with Gasteiger partial charge in [-0.15, -0.1) is 6.58 Å². The number of hydrogen-bond acceptors (Lipinski definition) is 0. The molecule has 0 fully saturated rings. The van der Waals surface area contributed by atoms with Gasteiger partial charge in [-0.1, -0.05) is 42.3 Å². The number of allylic oxidation sites excluding steroid dienone is 1. The van der Waals surface area contributed by atoms with Crippen LogP contribution in [-0.4, -0.2) is 0 Å². The van der Waals surface area contributed by atoms with Crippen molar-refractivity contribution in [3.63, 3.8) is 0 Å². The first-order valence-electron chi connectivity index (χ1n) is 4.80. The van der Waals surface area contributed by atoms with Crippen molar-refractivity contribution in [1.29, 1.82) is 0 Å². The normalized spacial score (nSPS) is 12.5. The molecule has 0 bridgehead atoms. The Kier molecular flexibility index (Phi) is 3.30. The van der Waals surface area contributed by atoms with Crippen LogP contribution in [0.5, 0.6) is 0 Å². The summed E-state index contributed by atoms with van der Waals surface area (Å²) >= 11 is 0. The SMILES string of the molecule is C=C(C)C[C@@H](C)c1ccc(C)cc1. The first-order valence-corrected chi connectivity index (χ1v) is 4.80. The zero-order valence-corrected chi connectivity index (χ0v) is 8.80. The van der Waals surface area contributed by atoms with Crippen molar-refractivity contribution in [3.05, 3.63) is 47.5 Å². The summed E-state index contributed by atoms with van der Waals surface area (Å²) in [6, 6.07) is 8.76. The number of hydrogen-bond donors (Lipinski definition) is 0. The minimum absolute atomic E-state index is 0.595. The van der Waals surface area contributed by atoms with E-state index >= 15 is 0 Å². The lowest BCUT2D eigenvalue weighted by Gasteiger charge is -2.11. The minimum Gasteiger partial charge on any atom is -0.100 e. The lowest BCUT2D eigenvalue weighted by Crippen LogP contribution is -1.93. The number of aryl methyl sites for hydroxylation is 1. The zero-order valence-electron chi connectivity index (χ0n) is 8.80. The number of benzene rings is 1. The van der Waals surface area contributed by atoms with E-state index in [2.05, 4.69) is 51.6 Å². The van der Waals surface area contributed by atoms with Crippen LogP contribution >= 0.6 is 0 Å². The van der Waals surface area contributed by atoms with E-state index in [1.165, 1.54) is 16.7 Å². The van der Waals surface area contributed by atoms with Crippen LogP contribution in [0.15, 0.2) is 36.4 Å². The van der Waals surface area contributed by atoms with Crippen molar-refractivity contribution in [2.24, 2.45) is 0 Å². The molecule has 0 amide bonds. The largest absolute Gasteiger partial charge is 0.100 e. The summed E-state index contributed by atoms with van der Waals surface area (Å²) in [4.78, 5) is 0. The van der Waals surface area contributed by atoms with Crippen LogP contribution in [0.3, 0.4) is 0 Å². The van der Waals surface area contributed by atoms with Gasteiger partial charge in [0.1, 0.15) is 0 Å². The first kappa shape index (κ1) is 10.0. The highest BCUT2D eigenvalue weighted by Crippen LogP contribution is 2.22. The summed E-state index contributed by atoms with van der Waals surface area (Å²) in [6.45, 7) is 10.4. The summed E-state index contributed by atoms with van der Waals surface area (Å²) in [5.41, 5.74) is 3.99. The third kappa shape index (κ3) is 3.06. The van der Waals surface area contributed by atoms with E-state index in [1.54, 1.807) is 0 Å². The predicted octanol–water partition coefficient (Wildman–Crippen LogP) is 4.06. The van der Waals surface area contributed by atoms with Gasteiger partial charge >= 0.3 is 0 Å². The molecule has 0 aliphatic rings. The van der Waals surface area contributed by atoms with Crippen LogP contribution in [0, 0.1) is 6.92 Å². The van der Waals surface area contributed by atoms with E-state index < -0.39 is 0 Å². The van der Waals surface area contributed by atoms with Gasteiger partial charge in [0, 0.05) is 0 Å². The molecule has 0 aliphatic carbocycles. The van der Waals surface area contributed by atoms with E-state index in [1.807, 2.05) is 0 Å². The van der Waals surface area contributed by atoms with Gasteiger partial charge in [0.05, 0.1) is 0 Å². The fourth-order valence-electron chi connectivity index (χ4n) is 1.54. The third-order valence-corrected chi connectivity index (χ3v) is 2.30. The minimum atomic E-state index is 0.595.